The van der Waals surface area contributed by atoms with Crippen LogP contribution in [0.2, 0.25) is 0 Å². The Labute approximate surface area is 109 Å². The molecule has 100 valence electrons. The van der Waals surface area contributed by atoms with E-state index in [1.165, 1.54) is 32.2 Å². The molecular formula is C13H26N2OS. The highest BCUT2D eigenvalue weighted by Gasteiger charge is 2.51. The Balaban J connectivity index is 2.05. The SMILES string of the molecule is COC1(C)CCCN(C(CN)C2(SC)CC2)C1. The molecule has 3 nitrogen and oxygen atoms in total. The van der Waals surface area contributed by atoms with E-state index in [0.717, 1.165) is 13.1 Å². The van der Waals surface area contributed by atoms with Crippen LogP contribution in [0, 0.1) is 0 Å². The number of nitrogens with zero attached hydrogens (tertiary/aromatic N) is 1. The third-order valence-corrected chi connectivity index (χ3v) is 6.10. The summed E-state index contributed by atoms with van der Waals surface area (Å²) in [6.45, 7) is 5.23. The fourth-order valence-corrected chi connectivity index (χ4v) is 4.20. The smallest absolute Gasteiger partial charge is 0.0777 e. The van der Waals surface area contributed by atoms with Crippen molar-refractivity contribution in [1.82, 2.24) is 4.90 Å². The maximum atomic E-state index is 6.04. The Hall–Kier alpha value is 0.230. The van der Waals surface area contributed by atoms with Gasteiger partial charge in [0.25, 0.3) is 0 Å². The topological polar surface area (TPSA) is 38.5 Å². The van der Waals surface area contributed by atoms with Crippen LogP contribution in [0.4, 0.5) is 0 Å². The molecule has 17 heavy (non-hydrogen) atoms. The molecule has 0 aromatic heterocycles. The Kier molecular flexibility index (Phi) is 4.08. The highest BCUT2D eigenvalue weighted by atomic mass is 32.2. The number of likely N-dealkylation sites (tertiary alicyclic amines) is 1. The van der Waals surface area contributed by atoms with E-state index >= 15 is 0 Å². The fraction of sp³-hybridized carbons (Fsp3) is 1.00. The molecule has 0 radical (unpaired) electrons. The molecule has 1 aliphatic carbocycles. The molecule has 2 unspecified atom stereocenters. The molecule has 0 aromatic rings. The number of methoxy groups -OCH3 is 1. The number of thioether (sulfide) groups is 1. The summed E-state index contributed by atoms with van der Waals surface area (Å²) < 4.78 is 6.13. The molecule has 1 aliphatic heterocycles. The number of nitrogens with two attached hydrogens (primary N) is 1. The van der Waals surface area contributed by atoms with Crippen LogP contribution in [0.3, 0.4) is 0 Å². The molecule has 1 heterocycles. The monoisotopic (exact) mass is 258 g/mol. The first-order valence-corrected chi connectivity index (χ1v) is 7.86. The first-order valence-electron chi connectivity index (χ1n) is 6.63. The van der Waals surface area contributed by atoms with E-state index in [1.807, 2.05) is 18.9 Å². The van der Waals surface area contributed by atoms with Gasteiger partial charge in [0.2, 0.25) is 0 Å². The second kappa shape index (κ2) is 5.08. The summed E-state index contributed by atoms with van der Waals surface area (Å²) in [5.74, 6) is 0. The van der Waals surface area contributed by atoms with Crippen molar-refractivity contribution < 1.29 is 4.74 Å². The van der Waals surface area contributed by atoms with Gasteiger partial charge in [-0.2, -0.15) is 11.8 Å². The molecule has 1 saturated carbocycles. The molecule has 2 fully saturated rings. The van der Waals surface area contributed by atoms with Crippen LogP contribution >= 0.6 is 11.8 Å². The Morgan fingerprint density at radius 2 is 2.12 bits per heavy atom. The maximum Gasteiger partial charge on any atom is 0.0777 e. The second-order valence-corrected chi connectivity index (χ2v) is 6.97. The average Bonchev–Trinajstić information content (AvgIpc) is 3.11. The van der Waals surface area contributed by atoms with Gasteiger partial charge in [-0.3, -0.25) is 4.90 Å². The summed E-state index contributed by atoms with van der Waals surface area (Å²) in [6, 6.07) is 0.535. The first-order chi connectivity index (χ1) is 8.09. The zero-order valence-corrected chi connectivity index (χ0v) is 12.2. The van der Waals surface area contributed by atoms with Crippen LogP contribution in [0.5, 0.6) is 0 Å². The van der Waals surface area contributed by atoms with Crippen LogP contribution < -0.4 is 5.73 Å². The fourth-order valence-electron chi connectivity index (χ4n) is 3.17. The quantitative estimate of drug-likeness (QED) is 0.815. The maximum absolute atomic E-state index is 6.04. The van der Waals surface area contributed by atoms with Gasteiger partial charge in [0.05, 0.1) is 5.60 Å². The van der Waals surface area contributed by atoms with Gasteiger partial charge in [-0.1, -0.05) is 0 Å². The molecule has 0 spiro atoms. The number of hydrogen-bond donors (Lipinski definition) is 1. The molecule has 0 amide bonds. The lowest BCUT2D eigenvalue weighted by atomic mass is 9.92. The van der Waals surface area contributed by atoms with Crippen LogP contribution in [-0.2, 0) is 4.74 Å². The molecule has 2 N–H and O–H groups in total. The van der Waals surface area contributed by atoms with Gasteiger partial charge in [0.15, 0.2) is 0 Å². The largest absolute Gasteiger partial charge is 0.377 e. The Bertz CT molecular complexity index is 270. The van der Waals surface area contributed by atoms with E-state index in [0.29, 0.717) is 10.8 Å². The molecule has 2 rings (SSSR count). The van der Waals surface area contributed by atoms with E-state index in [9.17, 15) is 0 Å². The number of piperidine rings is 1. The third kappa shape index (κ3) is 2.65. The van der Waals surface area contributed by atoms with Crippen molar-refractivity contribution in [3.05, 3.63) is 0 Å². The molecule has 2 aliphatic rings. The van der Waals surface area contributed by atoms with Crippen molar-refractivity contribution in [2.24, 2.45) is 5.73 Å². The summed E-state index contributed by atoms with van der Waals surface area (Å²) in [5, 5.41) is 0. The standard InChI is InChI=1S/C13H26N2OS/c1-12(16-2)5-4-8-15(10-12)11(9-14)13(17-3)6-7-13/h11H,4-10,14H2,1-3H3. The molecule has 1 saturated heterocycles. The highest BCUT2D eigenvalue weighted by molar-refractivity contribution is 8.00. The van der Waals surface area contributed by atoms with Crippen LogP contribution in [0.1, 0.15) is 32.6 Å². The second-order valence-electron chi connectivity index (χ2n) is 5.75. The van der Waals surface area contributed by atoms with Crippen molar-refractivity contribution in [3.8, 4) is 0 Å². The minimum absolute atomic E-state index is 0.0279. The zero-order valence-electron chi connectivity index (χ0n) is 11.4. The van der Waals surface area contributed by atoms with Crippen molar-refractivity contribution in [3.63, 3.8) is 0 Å². The average molecular weight is 258 g/mol. The van der Waals surface area contributed by atoms with E-state index in [2.05, 4.69) is 18.1 Å². The highest BCUT2D eigenvalue weighted by Crippen LogP contribution is 2.51. The Morgan fingerprint density at radius 3 is 2.59 bits per heavy atom. The molecular weight excluding hydrogens is 232 g/mol. The number of ether oxygens (including phenoxy) is 1. The minimum atomic E-state index is 0.0279. The van der Waals surface area contributed by atoms with Crippen molar-refractivity contribution >= 4 is 11.8 Å². The minimum Gasteiger partial charge on any atom is -0.377 e. The van der Waals surface area contributed by atoms with E-state index < -0.39 is 0 Å². The first kappa shape index (κ1) is 13.7. The van der Waals surface area contributed by atoms with Crippen molar-refractivity contribution in [2.45, 2.75) is 49.0 Å². The summed E-state index contributed by atoms with van der Waals surface area (Å²) >= 11 is 2.01. The summed E-state index contributed by atoms with van der Waals surface area (Å²) in [5.41, 5.74) is 6.07. The third-order valence-electron chi connectivity index (χ3n) is 4.60. The summed E-state index contributed by atoms with van der Waals surface area (Å²) in [7, 11) is 1.84. The van der Waals surface area contributed by atoms with E-state index in [1.54, 1.807) is 0 Å². The molecule has 0 bridgehead atoms. The predicted molar refractivity (Wildman–Crippen MR) is 74.5 cm³/mol. The predicted octanol–water partition coefficient (Wildman–Crippen LogP) is 1.71. The lowest BCUT2D eigenvalue weighted by Gasteiger charge is -2.45. The number of hydrogen-bond acceptors (Lipinski definition) is 4. The summed E-state index contributed by atoms with van der Waals surface area (Å²) in [4.78, 5) is 2.58. The van der Waals surface area contributed by atoms with Crippen molar-refractivity contribution in [2.75, 3.05) is 33.0 Å². The van der Waals surface area contributed by atoms with Gasteiger partial charge in [-0.25, -0.2) is 0 Å². The van der Waals surface area contributed by atoms with Crippen LogP contribution in [0.15, 0.2) is 0 Å². The van der Waals surface area contributed by atoms with Gasteiger partial charge in [0.1, 0.15) is 0 Å². The lowest BCUT2D eigenvalue weighted by Crippen LogP contribution is -2.56. The molecule has 2 atom stereocenters. The van der Waals surface area contributed by atoms with E-state index in [-0.39, 0.29) is 5.60 Å². The summed E-state index contributed by atoms with van der Waals surface area (Å²) in [6.07, 6.45) is 7.29. The normalized spacial score (nSPS) is 34.6. The van der Waals surface area contributed by atoms with Crippen LogP contribution in [-0.4, -0.2) is 54.3 Å². The van der Waals surface area contributed by atoms with Crippen molar-refractivity contribution in [1.29, 1.82) is 0 Å². The number of rotatable bonds is 5. The Morgan fingerprint density at radius 1 is 1.41 bits per heavy atom. The molecule has 0 aromatic carbocycles. The van der Waals surface area contributed by atoms with Crippen LogP contribution in [0.25, 0.3) is 0 Å². The van der Waals surface area contributed by atoms with Gasteiger partial charge in [-0.15, -0.1) is 0 Å². The van der Waals surface area contributed by atoms with Gasteiger partial charge >= 0.3 is 0 Å². The van der Waals surface area contributed by atoms with Gasteiger partial charge < -0.3 is 10.5 Å². The van der Waals surface area contributed by atoms with E-state index in [4.69, 9.17) is 10.5 Å². The zero-order chi connectivity index (χ0) is 12.5. The van der Waals surface area contributed by atoms with Gasteiger partial charge in [0, 0.05) is 31.0 Å². The molecule has 4 heteroatoms. The lowest BCUT2D eigenvalue weighted by molar-refractivity contribution is -0.0611. The van der Waals surface area contributed by atoms with Gasteiger partial charge in [-0.05, 0) is 45.4 Å².